The van der Waals surface area contributed by atoms with Crippen LogP contribution in [0.1, 0.15) is 45.4 Å². The van der Waals surface area contributed by atoms with Crippen LogP contribution < -0.4 is 5.32 Å². The summed E-state index contributed by atoms with van der Waals surface area (Å²) in [7, 11) is -3.97. The lowest BCUT2D eigenvalue weighted by molar-refractivity contribution is -0.116. The number of carbonyl (C=O) groups excluding carboxylic acids is 1. The van der Waals surface area contributed by atoms with Crippen molar-refractivity contribution in [2.75, 3.05) is 18.4 Å². The molecule has 0 aliphatic carbocycles. The predicted octanol–water partition coefficient (Wildman–Crippen LogP) is 4.66. The van der Waals surface area contributed by atoms with Crippen LogP contribution in [0.3, 0.4) is 0 Å². The minimum atomic E-state index is -3.97. The summed E-state index contributed by atoms with van der Waals surface area (Å²) in [6.07, 6.45) is 0.517. The molecule has 0 atom stereocenters. The highest BCUT2D eigenvalue weighted by Gasteiger charge is 2.27. The molecule has 0 bridgehead atoms. The Morgan fingerprint density at radius 3 is 2.38 bits per heavy atom. The van der Waals surface area contributed by atoms with Crippen LogP contribution in [0.5, 0.6) is 0 Å². The van der Waals surface area contributed by atoms with Gasteiger partial charge in [-0.2, -0.15) is 9.40 Å². The first-order valence-corrected chi connectivity index (χ1v) is 12.6. The van der Waals surface area contributed by atoms with Crippen molar-refractivity contribution in [2.45, 2.75) is 51.3 Å². The van der Waals surface area contributed by atoms with Gasteiger partial charge in [-0.25, -0.2) is 17.5 Å². The Balaban J connectivity index is 1.90. The molecule has 0 aliphatic rings. The van der Waals surface area contributed by atoms with E-state index in [1.54, 1.807) is 10.7 Å². The predicted molar refractivity (Wildman–Crippen MR) is 131 cm³/mol. The number of amides is 1. The minimum Gasteiger partial charge on any atom is -0.309 e. The van der Waals surface area contributed by atoms with E-state index >= 15 is 0 Å². The number of carbonyl (C=O) groups is 1. The Kier molecular flexibility index (Phi) is 7.57. The first-order chi connectivity index (χ1) is 15.9. The number of hydrogen-bond acceptors (Lipinski definition) is 4. The van der Waals surface area contributed by atoms with Crippen molar-refractivity contribution in [3.05, 3.63) is 71.7 Å². The van der Waals surface area contributed by atoms with Crippen molar-refractivity contribution in [3.63, 3.8) is 0 Å². The summed E-state index contributed by atoms with van der Waals surface area (Å²) in [5.74, 6) is -0.567. The number of halogens is 1. The zero-order valence-corrected chi connectivity index (χ0v) is 21.0. The lowest BCUT2D eigenvalue weighted by atomic mass is 9.92. The fourth-order valence-electron chi connectivity index (χ4n) is 3.42. The van der Waals surface area contributed by atoms with E-state index in [0.717, 1.165) is 33.4 Å². The molecule has 3 aromatic rings. The summed E-state index contributed by atoms with van der Waals surface area (Å²) in [4.78, 5) is 13.0. The molecule has 0 radical (unpaired) electrons. The maximum absolute atomic E-state index is 13.3. The summed E-state index contributed by atoms with van der Waals surface area (Å²) in [6, 6.07) is 14.1. The summed E-state index contributed by atoms with van der Waals surface area (Å²) < 4.78 is 42.2. The van der Waals surface area contributed by atoms with Crippen molar-refractivity contribution < 1.29 is 17.6 Å². The highest BCUT2D eigenvalue weighted by Crippen LogP contribution is 2.27. The number of rotatable bonds is 8. The van der Waals surface area contributed by atoms with Gasteiger partial charge < -0.3 is 5.32 Å². The first kappa shape index (κ1) is 25.6. The van der Waals surface area contributed by atoms with E-state index in [2.05, 4.69) is 5.32 Å². The Hall–Kier alpha value is -3.04. The van der Waals surface area contributed by atoms with Gasteiger partial charge in [0.15, 0.2) is 0 Å². The van der Waals surface area contributed by atoms with E-state index < -0.39 is 21.7 Å². The molecule has 1 N–H and O–H groups in total. The SMILES string of the molecule is CCCN(CC(=O)Nc1cc(C(C)(C)C)nn1-c1cccc(C)c1)S(=O)(=O)c1ccc(F)cc1. The standard InChI is InChI=1S/C25H31FN4O3S/c1-6-14-29(34(32,33)21-12-10-19(26)11-13-21)17-24(31)27-23-16-22(25(3,4)5)28-30(23)20-9-7-8-18(2)15-20/h7-13,15-16H,6,14,17H2,1-5H3,(H,27,31). The molecular formula is C25H31FN4O3S. The number of anilines is 1. The Morgan fingerprint density at radius 1 is 1.12 bits per heavy atom. The van der Waals surface area contributed by atoms with Crippen molar-refractivity contribution >= 4 is 21.7 Å². The molecule has 7 nitrogen and oxygen atoms in total. The van der Waals surface area contributed by atoms with E-state index in [0.29, 0.717) is 12.2 Å². The number of hydrogen-bond donors (Lipinski definition) is 1. The molecule has 0 fully saturated rings. The topological polar surface area (TPSA) is 84.3 Å². The molecule has 9 heteroatoms. The van der Waals surface area contributed by atoms with Crippen LogP contribution in [0.25, 0.3) is 5.69 Å². The van der Waals surface area contributed by atoms with Gasteiger partial charge in [-0.15, -0.1) is 0 Å². The van der Waals surface area contributed by atoms with E-state index in [-0.39, 0.29) is 23.4 Å². The Bertz CT molecular complexity index is 1260. The molecule has 0 aliphatic heterocycles. The van der Waals surface area contributed by atoms with Crippen LogP contribution in [-0.4, -0.2) is 41.5 Å². The van der Waals surface area contributed by atoms with E-state index in [1.807, 2.05) is 58.9 Å². The number of sulfonamides is 1. The van der Waals surface area contributed by atoms with Gasteiger partial charge in [0.1, 0.15) is 11.6 Å². The Morgan fingerprint density at radius 2 is 1.79 bits per heavy atom. The van der Waals surface area contributed by atoms with Gasteiger partial charge >= 0.3 is 0 Å². The smallest absolute Gasteiger partial charge is 0.243 e. The summed E-state index contributed by atoms with van der Waals surface area (Å²) >= 11 is 0. The number of nitrogens with zero attached hydrogens (tertiary/aromatic N) is 3. The third kappa shape index (κ3) is 5.90. The molecule has 34 heavy (non-hydrogen) atoms. The van der Waals surface area contributed by atoms with Gasteiger partial charge in [0.2, 0.25) is 15.9 Å². The highest BCUT2D eigenvalue weighted by atomic mass is 32.2. The van der Waals surface area contributed by atoms with E-state index in [9.17, 15) is 17.6 Å². The van der Waals surface area contributed by atoms with Crippen molar-refractivity contribution in [1.82, 2.24) is 14.1 Å². The molecule has 1 heterocycles. The number of nitrogens with one attached hydrogen (secondary N) is 1. The Labute approximate surface area is 200 Å². The van der Waals surface area contributed by atoms with Gasteiger partial charge in [-0.05, 0) is 55.3 Å². The normalized spacial score (nSPS) is 12.2. The molecule has 0 saturated carbocycles. The summed E-state index contributed by atoms with van der Waals surface area (Å²) in [6.45, 7) is 9.65. The molecule has 1 amide bonds. The van der Waals surface area contributed by atoms with E-state index in [4.69, 9.17) is 5.10 Å². The zero-order chi connectivity index (χ0) is 25.1. The summed E-state index contributed by atoms with van der Waals surface area (Å²) in [5, 5.41) is 7.54. The van der Waals surface area contributed by atoms with Gasteiger partial charge in [0.25, 0.3) is 0 Å². The lowest BCUT2D eigenvalue weighted by Gasteiger charge is -2.21. The second-order valence-corrected chi connectivity index (χ2v) is 11.2. The average Bonchev–Trinajstić information content (AvgIpc) is 3.18. The quantitative estimate of drug-likeness (QED) is 0.502. The monoisotopic (exact) mass is 486 g/mol. The van der Waals surface area contributed by atoms with Crippen LogP contribution >= 0.6 is 0 Å². The molecule has 0 saturated heterocycles. The van der Waals surface area contributed by atoms with Crippen molar-refractivity contribution in [1.29, 1.82) is 0 Å². The lowest BCUT2D eigenvalue weighted by Crippen LogP contribution is -2.38. The van der Waals surface area contributed by atoms with Crippen LogP contribution in [0.15, 0.2) is 59.5 Å². The minimum absolute atomic E-state index is 0.0602. The van der Waals surface area contributed by atoms with Gasteiger partial charge in [0, 0.05) is 18.0 Å². The third-order valence-electron chi connectivity index (χ3n) is 5.24. The number of benzene rings is 2. The van der Waals surface area contributed by atoms with Gasteiger partial charge in [-0.1, -0.05) is 39.8 Å². The molecule has 3 rings (SSSR count). The fraction of sp³-hybridized carbons (Fsp3) is 0.360. The molecule has 2 aromatic carbocycles. The molecule has 0 unspecified atom stereocenters. The van der Waals surface area contributed by atoms with Crippen molar-refractivity contribution in [3.8, 4) is 5.69 Å². The maximum atomic E-state index is 13.3. The number of aromatic nitrogens is 2. The van der Waals surface area contributed by atoms with Gasteiger partial charge in [0.05, 0.1) is 22.8 Å². The highest BCUT2D eigenvalue weighted by molar-refractivity contribution is 7.89. The van der Waals surface area contributed by atoms with Crippen LogP contribution in [0, 0.1) is 12.7 Å². The van der Waals surface area contributed by atoms with Crippen LogP contribution in [0.4, 0.5) is 10.2 Å². The third-order valence-corrected chi connectivity index (χ3v) is 7.10. The van der Waals surface area contributed by atoms with Gasteiger partial charge in [-0.3, -0.25) is 4.79 Å². The second-order valence-electron chi connectivity index (χ2n) is 9.26. The molecule has 1 aromatic heterocycles. The fourth-order valence-corrected chi connectivity index (χ4v) is 4.91. The molecular weight excluding hydrogens is 455 g/mol. The summed E-state index contributed by atoms with van der Waals surface area (Å²) in [5.41, 5.74) is 2.36. The first-order valence-electron chi connectivity index (χ1n) is 11.1. The largest absolute Gasteiger partial charge is 0.309 e. The average molecular weight is 487 g/mol. The van der Waals surface area contributed by atoms with E-state index in [1.165, 1.54) is 12.1 Å². The molecule has 0 spiro atoms. The zero-order valence-electron chi connectivity index (χ0n) is 20.2. The molecule has 182 valence electrons. The maximum Gasteiger partial charge on any atom is 0.243 e. The number of aryl methyl sites for hydroxylation is 1. The van der Waals surface area contributed by atoms with Crippen molar-refractivity contribution in [2.24, 2.45) is 0 Å². The second kappa shape index (κ2) is 10.1. The van der Waals surface area contributed by atoms with Crippen LogP contribution in [0.2, 0.25) is 0 Å². The van der Waals surface area contributed by atoms with Crippen LogP contribution in [-0.2, 0) is 20.2 Å².